The first-order chi connectivity index (χ1) is 14.5. The van der Waals surface area contributed by atoms with Crippen molar-refractivity contribution in [3.63, 3.8) is 0 Å². The number of thiol groups is 1. The summed E-state index contributed by atoms with van der Waals surface area (Å²) in [7, 11) is 0. The predicted octanol–water partition coefficient (Wildman–Crippen LogP) is 4.65. The summed E-state index contributed by atoms with van der Waals surface area (Å²) < 4.78 is 45.8. The quantitative estimate of drug-likeness (QED) is 0.455. The summed E-state index contributed by atoms with van der Waals surface area (Å²) in [4.78, 5) is 11.0. The highest BCUT2D eigenvalue weighted by Gasteiger charge is 2.32. The van der Waals surface area contributed by atoms with Gasteiger partial charge in [-0.15, -0.1) is 0 Å². The summed E-state index contributed by atoms with van der Waals surface area (Å²) in [5, 5.41) is 0.121. The number of aromatic nitrogens is 2. The largest absolute Gasteiger partial charge is 0.375 e. The molecule has 3 aromatic rings. The molecule has 156 valence electrons. The molecular formula is C22H20F3N3OS. The van der Waals surface area contributed by atoms with Crippen molar-refractivity contribution < 1.29 is 17.9 Å². The number of hydrogen-bond acceptors (Lipinski definition) is 5. The molecule has 0 radical (unpaired) electrons. The average molecular weight is 431 g/mol. The first-order valence-corrected chi connectivity index (χ1v) is 10.1. The second-order valence-electron chi connectivity index (χ2n) is 7.21. The Balaban J connectivity index is 1.42. The Morgan fingerprint density at radius 2 is 1.67 bits per heavy atom. The molecule has 4 nitrogen and oxygen atoms in total. The van der Waals surface area contributed by atoms with Gasteiger partial charge in [-0.25, -0.2) is 23.1 Å². The highest BCUT2D eigenvalue weighted by Crippen LogP contribution is 2.27. The van der Waals surface area contributed by atoms with Crippen LogP contribution in [0.25, 0.3) is 11.1 Å². The average Bonchev–Trinajstić information content (AvgIpc) is 3.13. The van der Waals surface area contributed by atoms with Crippen LogP contribution in [0.15, 0.2) is 54.9 Å². The minimum Gasteiger partial charge on any atom is -0.375 e. The number of rotatable bonds is 6. The van der Waals surface area contributed by atoms with Gasteiger partial charge < -0.3 is 9.64 Å². The first kappa shape index (κ1) is 20.7. The summed E-state index contributed by atoms with van der Waals surface area (Å²) in [6.07, 6.45) is 4.30. The molecule has 1 saturated heterocycles. The molecule has 2 aromatic carbocycles. The summed E-state index contributed by atoms with van der Waals surface area (Å²) in [6.45, 7) is 0.763. The SMILES string of the molecule is Fc1cc(F)c(COCC2CC(S)CN2c2ncc(-c3ccccc3)cn2)cc1F. The topological polar surface area (TPSA) is 38.2 Å². The van der Waals surface area contributed by atoms with Crippen LogP contribution in [0.3, 0.4) is 0 Å². The summed E-state index contributed by atoms with van der Waals surface area (Å²) in [6, 6.07) is 11.1. The molecule has 2 heterocycles. The normalized spacial score (nSPS) is 18.7. The smallest absolute Gasteiger partial charge is 0.225 e. The van der Waals surface area contributed by atoms with Gasteiger partial charge in [-0.05, 0) is 18.1 Å². The molecule has 1 aromatic heterocycles. The lowest BCUT2D eigenvalue weighted by Gasteiger charge is -2.24. The van der Waals surface area contributed by atoms with E-state index in [9.17, 15) is 13.2 Å². The van der Waals surface area contributed by atoms with Gasteiger partial charge in [0.2, 0.25) is 5.95 Å². The van der Waals surface area contributed by atoms with Crippen molar-refractivity contribution >= 4 is 18.6 Å². The van der Waals surface area contributed by atoms with Crippen LogP contribution in [-0.2, 0) is 11.3 Å². The summed E-state index contributed by atoms with van der Waals surface area (Å²) >= 11 is 4.57. The Morgan fingerprint density at radius 3 is 2.40 bits per heavy atom. The number of halogens is 3. The molecule has 0 saturated carbocycles. The lowest BCUT2D eigenvalue weighted by molar-refractivity contribution is 0.106. The predicted molar refractivity (Wildman–Crippen MR) is 112 cm³/mol. The second-order valence-corrected chi connectivity index (χ2v) is 7.94. The molecule has 2 atom stereocenters. The van der Waals surface area contributed by atoms with Gasteiger partial charge in [-0.3, -0.25) is 0 Å². The number of anilines is 1. The van der Waals surface area contributed by atoms with Crippen LogP contribution in [0.2, 0.25) is 0 Å². The van der Waals surface area contributed by atoms with Crippen LogP contribution < -0.4 is 4.90 Å². The fraction of sp³-hybridized carbons (Fsp3) is 0.273. The molecule has 4 rings (SSSR count). The van der Waals surface area contributed by atoms with E-state index in [1.807, 2.05) is 35.2 Å². The van der Waals surface area contributed by atoms with Crippen molar-refractivity contribution in [3.05, 3.63) is 77.9 Å². The third kappa shape index (κ3) is 4.60. The minimum atomic E-state index is -1.22. The standard InChI is InChI=1S/C22H20F3N3OS/c23-19-8-21(25)20(24)6-15(19)12-29-13-17-7-18(30)11-28(17)22-26-9-16(10-27-22)14-4-2-1-3-5-14/h1-6,8-10,17-18,30H,7,11-13H2. The van der Waals surface area contributed by atoms with E-state index in [4.69, 9.17) is 4.74 Å². The summed E-state index contributed by atoms with van der Waals surface area (Å²) in [5.74, 6) is -2.57. The molecule has 2 unspecified atom stereocenters. The summed E-state index contributed by atoms with van der Waals surface area (Å²) in [5.41, 5.74) is 1.93. The molecule has 8 heteroatoms. The highest BCUT2D eigenvalue weighted by molar-refractivity contribution is 7.81. The molecule has 0 aliphatic carbocycles. The first-order valence-electron chi connectivity index (χ1n) is 9.54. The van der Waals surface area contributed by atoms with Crippen molar-refractivity contribution in [2.24, 2.45) is 0 Å². The molecule has 0 amide bonds. The zero-order valence-corrected chi connectivity index (χ0v) is 16.9. The maximum absolute atomic E-state index is 13.8. The molecule has 1 aliphatic heterocycles. The van der Waals surface area contributed by atoms with E-state index < -0.39 is 17.5 Å². The van der Waals surface area contributed by atoms with Crippen LogP contribution in [0.1, 0.15) is 12.0 Å². The molecule has 1 aliphatic rings. The Bertz CT molecular complexity index is 1000. The second kappa shape index (κ2) is 9.06. The molecule has 0 bridgehead atoms. The fourth-order valence-corrected chi connectivity index (χ4v) is 3.94. The number of benzene rings is 2. The Kier molecular flexibility index (Phi) is 6.24. The van der Waals surface area contributed by atoms with Gasteiger partial charge in [0, 0.05) is 41.4 Å². The Hall–Kier alpha value is -2.58. The maximum Gasteiger partial charge on any atom is 0.225 e. The van der Waals surface area contributed by atoms with E-state index in [0.717, 1.165) is 23.6 Å². The van der Waals surface area contributed by atoms with Gasteiger partial charge in [-0.1, -0.05) is 30.3 Å². The van der Waals surface area contributed by atoms with Crippen molar-refractivity contribution in [2.45, 2.75) is 24.3 Å². The van der Waals surface area contributed by atoms with E-state index >= 15 is 0 Å². The van der Waals surface area contributed by atoms with E-state index in [1.165, 1.54) is 0 Å². The molecule has 0 N–H and O–H groups in total. The van der Waals surface area contributed by atoms with Crippen LogP contribution in [-0.4, -0.2) is 34.4 Å². The maximum atomic E-state index is 13.8. The third-order valence-electron chi connectivity index (χ3n) is 5.05. The number of ether oxygens (including phenoxy) is 1. The van der Waals surface area contributed by atoms with E-state index in [2.05, 4.69) is 22.6 Å². The number of nitrogens with zero attached hydrogens (tertiary/aromatic N) is 3. The highest BCUT2D eigenvalue weighted by atomic mass is 32.1. The molecule has 1 fully saturated rings. The minimum absolute atomic E-state index is 0.0238. The van der Waals surface area contributed by atoms with Crippen molar-refractivity contribution in [3.8, 4) is 11.1 Å². The monoisotopic (exact) mass is 431 g/mol. The van der Waals surface area contributed by atoms with Crippen molar-refractivity contribution in [1.29, 1.82) is 0 Å². The Labute approximate surface area is 178 Å². The van der Waals surface area contributed by atoms with Gasteiger partial charge in [-0.2, -0.15) is 12.6 Å². The van der Waals surface area contributed by atoms with Crippen LogP contribution in [0.5, 0.6) is 0 Å². The van der Waals surface area contributed by atoms with Gasteiger partial charge in [0.25, 0.3) is 0 Å². The molecular weight excluding hydrogens is 411 g/mol. The zero-order valence-electron chi connectivity index (χ0n) is 16.0. The van der Waals surface area contributed by atoms with E-state index in [-0.39, 0.29) is 30.1 Å². The van der Waals surface area contributed by atoms with Crippen molar-refractivity contribution in [2.75, 3.05) is 18.1 Å². The number of hydrogen-bond donors (Lipinski definition) is 1. The zero-order chi connectivity index (χ0) is 21.1. The van der Waals surface area contributed by atoms with Crippen LogP contribution >= 0.6 is 12.6 Å². The third-order valence-corrected chi connectivity index (χ3v) is 5.43. The van der Waals surface area contributed by atoms with E-state index in [1.54, 1.807) is 12.4 Å². The van der Waals surface area contributed by atoms with Crippen LogP contribution in [0, 0.1) is 17.5 Å². The Morgan fingerprint density at radius 1 is 0.967 bits per heavy atom. The molecule has 0 spiro atoms. The van der Waals surface area contributed by atoms with Gasteiger partial charge >= 0.3 is 0 Å². The van der Waals surface area contributed by atoms with E-state index in [0.29, 0.717) is 18.6 Å². The fourth-order valence-electron chi connectivity index (χ4n) is 3.52. The van der Waals surface area contributed by atoms with Gasteiger partial charge in [0.05, 0.1) is 19.3 Å². The van der Waals surface area contributed by atoms with Gasteiger partial charge in [0.1, 0.15) is 5.82 Å². The lowest BCUT2D eigenvalue weighted by atomic mass is 10.1. The van der Waals surface area contributed by atoms with Crippen LogP contribution in [0.4, 0.5) is 19.1 Å². The molecule has 30 heavy (non-hydrogen) atoms. The van der Waals surface area contributed by atoms with Crippen molar-refractivity contribution in [1.82, 2.24) is 9.97 Å². The lowest BCUT2D eigenvalue weighted by Crippen LogP contribution is -2.34. The van der Waals surface area contributed by atoms with Gasteiger partial charge in [0.15, 0.2) is 11.6 Å².